The third kappa shape index (κ3) is 5.87. The Hall–Kier alpha value is -0.260. The number of hydrogen-bond acceptors (Lipinski definition) is 4. The molecule has 0 saturated carbocycles. The summed E-state index contributed by atoms with van der Waals surface area (Å²) >= 11 is 0.778. The SMILES string of the molecule is NCC(=O)NCCCSO. The van der Waals surface area contributed by atoms with Crippen molar-refractivity contribution in [1.82, 2.24) is 5.32 Å². The van der Waals surface area contributed by atoms with Gasteiger partial charge in [-0.25, -0.2) is 0 Å². The molecule has 0 aliphatic heterocycles. The summed E-state index contributed by atoms with van der Waals surface area (Å²) in [4.78, 5) is 10.5. The predicted octanol–water partition coefficient (Wildman–Crippen LogP) is -0.342. The highest BCUT2D eigenvalue weighted by molar-refractivity contribution is 7.93. The summed E-state index contributed by atoms with van der Waals surface area (Å²) in [7, 11) is 0. The minimum atomic E-state index is -0.150. The molecule has 0 saturated heterocycles. The van der Waals surface area contributed by atoms with Gasteiger partial charge < -0.3 is 15.6 Å². The van der Waals surface area contributed by atoms with E-state index in [1.165, 1.54) is 0 Å². The van der Waals surface area contributed by atoms with Crippen molar-refractivity contribution in [2.75, 3.05) is 18.8 Å². The molecule has 0 aromatic rings. The summed E-state index contributed by atoms with van der Waals surface area (Å²) in [6.45, 7) is 0.621. The lowest BCUT2D eigenvalue weighted by Crippen LogP contribution is -2.31. The summed E-state index contributed by atoms with van der Waals surface area (Å²) in [5.74, 6) is 0.494. The Morgan fingerprint density at radius 2 is 2.40 bits per heavy atom. The van der Waals surface area contributed by atoms with Gasteiger partial charge in [0.2, 0.25) is 5.91 Å². The van der Waals surface area contributed by atoms with Gasteiger partial charge in [-0.1, -0.05) is 0 Å². The van der Waals surface area contributed by atoms with E-state index in [9.17, 15) is 4.79 Å². The first-order valence-corrected chi connectivity index (χ1v) is 3.98. The fourth-order valence-corrected chi connectivity index (χ4v) is 0.710. The van der Waals surface area contributed by atoms with Crippen molar-refractivity contribution in [3.05, 3.63) is 0 Å². The van der Waals surface area contributed by atoms with Gasteiger partial charge in [-0.2, -0.15) is 0 Å². The molecule has 0 aromatic carbocycles. The van der Waals surface area contributed by atoms with Crippen molar-refractivity contribution >= 4 is 17.9 Å². The quantitative estimate of drug-likeness (QED) is 0.384. The summed E-state index contributed by atoms with van der Waals surface area (Å²) in [6, 6.07) is 0. The summed E-state index contributed by atoms with van der Waals surface area (Å²) < 4.78 is 8.27. The zero-order valence-corrected chi connectivity index (χ0v) is 6.49. The average Bonchev–Trinajstić information content (AvgIpc) is 1.98. The van der Waals surface area contributed by atoms with Crippen LogP contribution in [0.15, 0.2) is 0 Å². The Balaban J connectivity index is 2.96. The second-order valence-corrected chi connectivity index (χ2v) is 2.41. The van der Waals surface area contributed by atoms with E-state index in [1.54, 1.807) is 0 Å². The monoisotopic (exact) mass is 164 g/mol. The zero-order chi connectivity index (χ0) is 7.82. The van der Waals surface area contributed by atoms with E-state index in [-0.39, 0.29) is 12.5 Å². The van der Waals surface area contributed by atoms with E-state index in [2.05, 4.69) is 5.32 Å². The second-order valence-electron chi connectivity index (χ2n) is 1.74. The van der Waals surface area contributed by atoms with E-state index in [4.69, 9.17) is 10.3 Å². The number of amides is 1. The lowest BCUT2D eigenvalue weighted by atomic mass is 10.4. The van der Waals surface area contributed by atoms with E-state index in [0.717, 1.165) is 18.5 Å². The molecule has 4 nitrogen and oxygen atoms in total. The summed E-state index contributed by atoms with van der Waals surface area (Å²) in [5, 5.41) is 2.58. The van der Waals surface area contributed by atoms with Crippen molar-refractivity contribution in [3.63, 3.8) is 0 Å². The first-order valence-electron chi connectivity index (χ1n) is 3.04. The van der Waals surface area contributed by atoms with E-state index in [1.807, 2.05) is 0 Å². The van der Waals surface area contributed by atoms with Gasteiger partial charge in [0.1, 0.15) is 0 Å². The van der Waals surface area contributed by atoms with Gasteiger partial charge in [-0.15, -0.1) is 0 Å². The number of rotatable bonds is 5. The van der Waals surface area contributed by atoms with Gasteiger partial charge >= 0.3 is 0 Å². The van der Waals surface area contributed by atoms with Crippen molar-refractivity contribution in [1.29, 1.82) is 0 Å². The van der Waals surface area contributed by atoms with Crippen LogP contribution in [0.25, 0.3) is 0 Å². The number of carbonyl (C=O) groups excluding carboxylic acids is 1. The largest absolute Gasteiger partial charge is 0.355 e. The first kappa shape index (κ1) is 9.74. The Morgan fingerprint density at radius 1 is 1.70 bits per heavy atom. The molecule has 5 heteroatoms. The maximum Gasteiger partial charge on any atom is 0.233 e. The highest BCUT2D eigenvalue weighted by Crippen LogP contribution is 1.91. The molecule has 4 N–H and O–H groups in total. The Labute approximate surface area is 64.4 Å². The third-order valence-electron chi connectivity index (χ3n) is 0.920. The number of carbonyl (C=O) groups is 1. The van der Waals surface area contributed by atoms with Crippen molar-refractivity contribution in [2.24, 2.45) is 5.73 Å². The second kappa shape index (κ2) is 6.85. The lowest BCUT2D eigenvalue weighted by Gasteiger charge is -2.00. The molecule has 0 radical (unpaired) electrons. The normalized spacial score (nSPS) is 9.40. The van der Waals surface area contributed by atoms with Crippen molar-refractivity contribution in [3.8, 4) is 0 Å². The molecular weight excluding hydrogens is 152 g/mol. The van der Waals surface area contributed by atoms with Gasteiger partial charge in [0, 0.05) is 12.3 Å². The topological polar surface area (TPSA) is 75.4 Å². The maximum atomic E-state index is 10.5. The molecule has 0 rings (SSSR count). The van der Waals surface area contributed by atoms with Crippen LogP contribution in [-0.2, 0) is 4.79 Å². The lowest BCUT2D eigenvalue weighted by molar-refractivity contribution is -0.119. The molecule has 0 atom stereocenters. The highest BCUT2D eigenvalue weighted by atomic mass is 32.2. The summed E-state index contributed by atoms with van der Waals surface area (Å²) in [5.41, 5.74) is 5.02. The van der Waals surface area contributed by atoms with Crippen molar-refractivity contribution in [2.45, 2.75) is 6.42 Å². The molecular formula is C5H12N2O2S. The first-order chi connectivity index (χ1) is 4.81. The molecule has 10 heavy (non-hydrogen) atoms. The maximum absolute atomic E-state index is 10.5. The molecule has 0 bridgehead atoms. The molecule has 0 heterocycles. The standard InChI is InChI=1S/C5H12N2O2S/c6-4-5(8)7-2-1-3-10-9/h9H,1-4,6H2,(H,7,8). The van der Waals surface area contributed by atoms with Crippen LogP contribution < -0.4 is 11.1 Å². The zero-order valence-electron chi connectivity index (χ0n) is 5.67. The minimum Gasteiger partial charge on any atom is -0.355 e. The van der Waals surface area contributed by atoms with Gasteiger partial charge in [-0.3, -0.25) is 4.79 Å². The highest BCUT2D eigenvalue weighted by Gasteiger charge is 1.93. The van der Waals surface area contributed by atoms with E-state index < -0.39 is 0 Å². The molecule has 0 fully saturated rings. The molecule has 60 valence electrons. The van der Waals surface area contributed by atoms with Crippen molar-refractivity contribution < 1.29 is 9.35 Å². The van der Waals surface area contributed by atoms with Gasteiger partial charge in [0.15, 0.2) is 0 Å². The van der Waals surface area contributed by atoms with Crippen LogP contribution in [0, 0.1) is 0 Å². The van der Waals surface area contributed by atoms with E-state index in [0.29, 0.717) is 12.3 Å². The average molecular weight is 164 g/mol. The van der Waals surface area contributed by atoms with Gasteiger partial charge in [-0.05, 0) is 18.5 Å². The Bertz CT molecular complexity index is 99.6. The van der Waals surface area contributed by atoms with Gasteiger partial charge in [0.05, 0.1) is 6.54 Å². The molecule has 0 aliphatic rings. The number of hydrogen-bond donors (Lipinski definition) is 3. The van der Waals surface area contributed by atoms with E-state index >= 15 is 0 Å². The Kier molecular flexibility index (Phi) is 6.68. The van der Waals surface area contributed by atoms with Gasteiger partial charge in [0.25, 0.3) is 0 Å². The smallest absolute Gasteiger partial charge is 0.233 e. The van der Waals surface area contributed by atoms with Crippen LogP contribution in [0.3, 0.4) is 0 Å². The fraction of sp³-hybridized carbons (Fsp3) is 0.800. The molecule has 0 unspecified atom stereocenters. The molecule has 0 spiro atoms. The van der Waals surface area contributed by atoms with Crippen LogP contribution >= 0.6 is 12.0 Å². The number of nitrogens with two attached hydrogens (primary N) is 1. The molecule has 0 aromatic heterocycles. The predicted molar refractivity (Wildman–Crippen MR) is 41.8 cm³/mol. The Morgan fingerprint density at radius 3 is 2.90 bits per heavy atom. The van der Waals surface area contributed by atoms with Crippen LogP contribution in [0.4, 0.5) is 0 Å². The third-order valence-corrected chi connectivity index (χ3v) is 1.39. The fourth-order valence-electron chi connectivity index (χ4n) is 0.437. The summed E-state index contributed by atoms with van der Waals surface area (Å²) in [6.07, 6.45) is 0.771. The van der Waals surface area contributed by atoms with Crippen LogP contribution in [0.2, 0.25) is 0 Å². The van der Waals surface area contributed by atoms with Crippen LogP contribution in [-0.4, -0.2) is 29.3 Å². The van der Waals surface area contributed by atoms with Crippen LogP contribution in [0.5, 0.6) is 0 Å². The molecule has 0 aliphatic carbocycles. The minimum absolute atomic E-state index is 0.0340. The van der Waals surface area contributed by atoms with Crippen LogP contribution in [0.1, 0.15) is 6.42 Å². The number of nitrogens with one attached hydrogen (secondary N) is 1. The molecule has 1 amide bonds.